The normalized spacial score (nSPS) is 25.7. The number of nitrogens with one attached hydrogen (secondary N) is 1. The van der Waals surface area contributed by atoms with E-state index >= 15 is 0 Å². The maximum Gasteiger partial charge on any atom is 0.233 e. The maximum absolute atomic E-state index is 11.9. The second-order valence-electron chi connectivity index (χ2n) is 13.2. The molecule has 0 aliphatic heterocycles. The van der Waals surface area contributed by atoms with Crippen molar-refractivity contribution in [2.75, 3.05) is 6.26 Å². The van der Waals surface area contributed by atoms with Gasteiger partial charge in [-0.1, -0.05) is 85.6 Å². The molecule has 0 aromatic rings. The van der Waals surface area contributed by atoms with E-state index in [-0.39, 0.29) is 12.5 Å². The average molecular weight is 642 g/mol. The molecule has 2 saturated carbocycles. The highest BCUT2D eigenvalue weighted by atomic mass is 32.2. The first-order chi connectivity index (χ1) is 19.8. The van der Waals surface area contributed by atoms with Crippen LogP contribution in [0.15, 0.2) is 23.8 Å². The Labute approximate surface area is 261 Å². The Morgan fingerprint density at radius 1 is 0.976 bits per heavy atom. The van der Waals surface area contributed by atoms with E-state index in [1.807, 2.05) is 0 Å². The molecular weight excluding hydrogens is 579 g/mol. The van der Waals surface area contributed by atoms with Crippen LogP contribution in [0.1, 0.15) is 100 Å². The lowest BCUT2D eigenvalue weighted by Gasteiger charge is -2.36. The minimum atomic E-state index is -3.49. The van der Waals surface area contributed by atoms with Gasteiger partial charge in [0.2, 0.25) is 15.9 Å². The van der Waals surface area contributed by atoms with Gasteiger partial charge in [-0.25, -0.2) is 8.42 Å². The summed E-state index contributed by atoms with van der Waals surface area (Å²) < 4.78 is 39.0. The molecule has 0 spiro atoms. The molecule has 2 fully saturated rings. The number of allylic oxidation sites excluding steroid dienone is 2. The van der Waals surface area contributed by atoms with Crippen molar-refractivity contribution >= 4 is 32.6 Å². The molecule has 9 heteroatoms. The fourth-order valence-electron chi connectivity index (χ4n) is 7.29. The number of carbonyl (C=O) groups is 1. The summed E-state index contributed by atoms with van der Waals surface area (Å²) in [6, 6.07) is 7.04. The molecule has 0 radical (unpaired) electrons. The molecule has 0 aromatic carbocycles. The van der Waals surface area contributed by atoms with Gasteiger partial charge in [0.15, 0.2) is 16.6 Å². The SMILES string of the molecule is CCC(C)[C@@H](/C=C/[C@@H]1[C@H]2C/C(=C/CCCC(=O)NS(C)(=O)=O)C[C@H]2C[C@H]1O[Si](CC)(CC)CC)O[Si](CC)(CC)CC. The number of rotatable bonds is 19. The number of carbonyl (C=O) groups excluding carboxylic acids is 1. The molecule has 0 heterocycles. The lowest BCUT2D eigenvalue weighted by Crippen LogP contribution is -2.42. The van der Waals surface area contributed by atoms with Crippen LogP contribution in [0.2, 0.25) is 36.3 Å². The molecule has 0 saturated heterocycles. The minimum absolute atomic E-state index is 0.168. The van der Waals surface area contributed by atoms with Crippen LogP contribution in [0.25, 0.3) is 0 Å². The number of hydrogen-bond donors (Lipinski definition) is 1. The van der Waals surface area contributed by atoms with E-state index in [2.05, 4.69) is 78.3 Å². The van der Waals surface area contributed by atoms with Gasteiger partial charge in [-0.05, 0) is 86.1 Å². The predicted octanol–water partition coefficient (Wildman–Crippen LogP) is 8.59. The van der Waals surface area contributed by atoms with Crippen molar-refractivity contribution in [3.8, 4) is 0 Å². The molecule has 2 aliphatic rings. The van der Waals surface area contributed by atoms with Gasteiger partial charge in [0, 0.05) is 12.3 Å². The van der Waals surface area contributed by atoms with Crippen LogP contribution in [-0.2, 0) is 23.7 Å². The number of hydrogen-bond acceptors (Lipinski definition) is 5. The van der Waals surface area contributed by atoms with Crippen LogP contribution in [0.3, 0.4) is 0 Å². The van der Waals surface area contributed by atoms with Gasteiger partial charge in [0.25, 0.3) is 0 Å². The van der Waals surface area contributed by atoms with Crippen LogP contribution in [0, 0.1) is 23.7 Å². The third-order valence-electron chi connectivity index (χ3n) is 10.8. The first-order valence-corrected chi connectivity index (χ1v) is 24.0. The van der Waals surface area contributed by atoms with Gasteiger partial charge in [-0.15, -0.1) is 0 Å². The second kappa shape index (κ2) is 17.1. The van der Waals surface area contributed by atoms with E-state index in [9.17, 15) is 13.2 Å². The van der Waals surface area contributed by atoms with E-state index in [0.29, 0.717) is 36.2 Å². The Hall–Kier alpha value is -0.746. The molecule has 6 atom stereocenters. The van der Waals surface area contributed by atoms with Gasteiger partial charge >= 0.3 is 0 Å². The third-order valence-corrected chi connectivity index (χ3v) is 20.7. The summed E-state index contributed by atoms with van der Waals surface area (Å²) in [5.74, 6) is 1.71. The van der Waals surface area contributed by atoms with Crippen LogP contribution >= 0.6 is 0 Å². The van der Waals surface area contributed by atoms with E-state index in [0.717, 1.165) is 38.4 Å². The highest BCUT2D eigenvalue weighted by Gasteiger charge is 2.48. The van der Waals surface area contributed by atoms with Crippen molar-refractivity contribution in [2.24, 2.45) is 23.7 Å². The highest BCUT2D eigenvalue weighted by molar-refractivity contribution is 7.89. The predicted molar refractivity (Wildman–Crippen MR) is 182 cm³/mol. The fraction of sp³-hybridized carbons (Fsp3) is 0.848. The second-order valence-corrected chi connectivity index (χ2v) is 24.4. The number of sulfonamides is 1. The molecule has 1 amide bonds. The smallest absolute Gasteiger partial charge is 0.233 e. The van der Waals surface area contributed by atoms with Gasteiger partial charge in [-0.3, -0.25) is 9.52 Å². The van der Waals surface area contributed by atoms with Gasteiger partial charge in [-0.2, -0.15) is 0 Å². The van der Waals surface area contributed by atoms with Gasteiger partial charge in [0.05, 0.1) is 18.5 Å². The Kier molecular flexibility index (Phi) is 15.2. The molecule has 1 unspecified atom stereocenters. The average Bonchev–Trinajstić information content (AvgIpc) is 3.50. The van der Waals surface area contributed by atoms with Crippen molar-refractivity contribution in [2.45, 2.75) is 149 Å². The van der Waals surface area contributed by atoms with Crippen LogP contribution in [-0.4, -0.2) is 49.4 Å². The van der Waals surface area contributed by atoms with Crippen LogP contribution in [0.4, 0.5) is 0 Å². The third kappa shape index (κ3) is 10.4. The first kappa shape index (κ1) is 37.4. The van der Waals surface area contributed by atoms with Crippen molar-refractivity contribution in [3.63, 3.8) is 0 Å². The van der Waals surface area contributed by atoms with Crippen molar-refractivity contribution in [1.29, 1.82) is 0 Å². The van der Waals surface area contributed by atoms with Crippen molar-refractivity contribution < 1.29 is 22.1 Å². The standard InChI is InChI=1S/C33H63NO5SSi2/c1-10-26(8)31(38-41(11-2,12-3)13-4)22-21-29-30-24-27(19-17-18-20-33(35)34-40(9,36)37)23-28(30)25-32(29)39-42(14-5,15-6)16-7/h19,21-22,26,28-32H,10-18,20,23-25H2,1-9H3,(H,34,35)/b22-21+,27-19+/t26?,28-,29+,30-,31+,32+/m0/s1. The van der Waals surface area contributed by atoms with E-state index < -0.39 is 32.6 Å². The summed E-state index contributed by atoms with van der Waals surface area (Å²) >= 11 is 0. The summed E-state index contributed by atoms with van der Waals surface area (Å²) in [5.41, 5.74) is 1.50. The van der Waals surface area contributed by atoms with E-state index in [1.165, 1.54) is 41.8 Å². The van der Waals surface area contributed by atoms with Crippen LogP contribution in [0.5, 0.6) is 0 Å². The number of fused-ring (bicyclic) bond motifs is 1. The number of amides is 1. The summed E-state index contributed by atoms with van der Waals surface area (Å²) in [4.78, 5) is 11.9. The summed E-state index contributed by atoms with van der Waals surface area (Å²) in [6.07, 6.45) is 14.9. The molecule has 42 heavy (non-hydrogen) atoms. The van der Waals surface area contributed by atoms with Crippen molar-refractivity contribution in [1.82, 2.24) is 4.72 Å². The van der Waals surface area contributed by atoms with E-state index in [4.69, 9.17) is 8.85 Å². The molecule has 2 rings (SSSR count). The Balaban J connectivity index is 2.25. The maximum atomic E-state index is 11.9. The van der Waals surface area contributed by atoms with Gasteiger partial charge < -0.3 is 8.85 Å². The molecule has 0 bridgehead atoms. The summed E-state index contributed by atoms with van der Waals surface area (Å²) in [6.45, 7) is 18.6. The Bertz CT molecular complexity index is 989. The first-order valence-electron chi connectivity index (χ1n) is 17.1. The van der Waals surface area contributed by atoms with E-state index in [1.54, 1.807) is 0 Å². The lowest BCUT2D eigenvalue weighted by molar-refractivity contribution is -0.119. The van der Waals surface area contributed by atoms with Crippen LogP contribution < -0.4 is 4.72 Å². The summed E-state index contributed by atoms with van der Waals surface area (Å²) in [7, 11) is -6.96. The highest BCUT2D eigenvalue weighted by Crippen LogP contribution is 2.52. The molecule has 2 aliphatic carbocycles. The minimum Gasteiger partial charge on any atom is -0.413 e. The fourth-order valence-corrected chi connectivity index (χ4v) is 13.6. The zero-order chi connectivity index (χ0) is 31.6. The molecule has 6 nitrogen and oxygen atoms in total. The zero-order valence-corrected chi connectivity index (χ0v) is 31.2. The molecule has 244 valence electrons. The monoisotopic (exact) mass is 641 g/mol. The lowest BCUT2D eigenvalue weighted by atomic mass is 9.89. The molecule has 0 aromatic heterocycles. The Morgan fingerprint density at radius 2 is 1.57 bits per heavy atom. The molecule has 1 N–H and O–H groups in total. The largest absolute Gasteiger partial charge is 0.413 e. The number of unbranched alkanes of at least 4 members (excludes halogenated alkanes) is 1. The van der Waals surface area contributed by atoms with Gasteiger partial charge in [0.1, 0.15) is 0 Å². The summed E-state index contributed by atoms with van der Waals surface area (Å²) in [5, 5.41) is 0. The quantitative estimate of drug-likeness (QED) is 0.0868. The van der Waals surface area contributed by atoms with Crippen molar-refractivity contribution in [3.05, 3.63) is 23.8 Å². The Morgan fingerprint density at radius 3 is 2.10 bits per heavy atom. The zero-order valence-electron chi connectivity index (χ0n) is 28.3. The topological polar surface area (TPSA) is 81.7 Å². The molecular formula is C33H63NO5SSi2.